The summed E-state index contributed by atoms with van der Waals surface area (Å²) < 4.78 is 5.62. The molecule has 172 valence electrons. The Morgan fingerprint density at radius 2 is 1.82 bits per heavy atom. The van der Waals surface area contributed by atoms with Gasteiger partial charge in [-0.15, -0.1) is 23.1 Å². The van der Waals surface area contributed by atoms with Crippen LogP contribution >= 0.6 is 23.1 Å². The van der Waals surface area contributed by atoms with Gasteiger partial charge >= 0.3 is 5.97 Å². The van der Waals surface area contributed by atoms with Crippen molar-refractivity contribution in [1.29, 1.82) is 0 Å². The Bertz CT molecular complexity index is 1080. The molecule has 1 aromatic heterocycles. The minimum atomic E-state index is -1.04. The molecule has 3 rings (SSSR count). The fourth-order valence-corrected chi connectivity index (χ4v) is 4.92. The lowest BCUT2D eigenvalue weighted by Gasteiger charge is -2.06. The summed E-state index contributed by atoms with van der Waals surface area (Å²) in [6.45, 7) is 1.64. The van der Waals surface area contributed by atoms with Crippen molar-refractivity contribution in [3.05, 3.63) is 81.8 Å². The number of carbonyl (C=O) groups is 2. The average molecular weight is 482 g/mol. The summed E-state index contributed by atoms with van der Waals surface area (Å²) in [5.74, 6) is 0.445. The van der Waals surface area contributed by atoms with Crippen LogP contribution in [0, 0.1) is 6.92 Å². The van der Waals surface area contributed by atoms with Crippen LogP contribution in [0.15, 0.2) is 65.6 Å². The largest absolute Gasteiger partial charge is 0.485 e. The number of benzene rings is 2. The quantitative estimate of drug-likeness (QED) is 0.133. The number of hydrogen-bond acceptors (Lipinski definition) is 6. The van der Waals surface area contributed by atoms with Crippen LogP contribution in [-0.2, 0) is 11.2 Å². The number of aromatic nitrogens is 1. The lowest BCUT2D eigenvalue weighted by molar-refractivity contribution is -0.131. The third-order valence-corrected chi connectivity index (χ3v) is 7.13. The number of nitrogens with zero attached hydrogens (tertiary/aromatic N) is 1. The van der Waals surface area contributed by atoms with Crippen LogP contribution in [0.25, 0.3) is 6.08 Å². The maximum Gasteiger partial charge on any atom is 0.328 e. The highest BCUT2D eigenvalue weighted by atomic mass is 32.2. The van der Waals surface area contributed by atoms with E-state index in [2.05, 4.69) is 35.3 Å². The van der Waals surface area contributed by atoms with Gasteiger partial charge in [-0.1, -0.05) is 36.8 Å². The van der Waals surface area contributed by atoms with E-state index in [1.54, 1.807) is 6.92 Å². The molecule has 0 spiro atoms. The molecule has 7 heteroatoms. The Morgan fingerprint density at radius 1 is 1.06 bits per heavy atom. The molecule has 0 radical (unpaired) electrons. The van der Waals surface area contributed by atoms with Crippen molar-refractivity contribution in [1.82, 2.24) is 4.98 Å². The van der Waals surface area contributed by atoms with E-state index in [9.17, 15) is 9.59 Å². The fraction of sp³-hybridized carbons (Fsp3) is 0.269. The fourth-order valence-electron chi connectivity index (χ4n) is 3.11. The zero-order valence-electron chi connectivity index (χ0n) is 18.5. The Morgan fingerprint density at radius 3 is 2.55 bits per heavy atom. The molecular weight excluding hydrogens is 454 g/mol. The number of aryl methyl sites for hydroxylation is 2. The Labute approximate surface area is 202 Å². The third-order valence-electron chi connectivity index (χ3n) is 4.86. The molecule has 0 aliphatic heterocycles. The van der Waals surface area contributed by atoms with Crippen LogP contribution in [0.5, 0.6) is 5.75 Å². The minimum absolute atomic E-state index is 0.108. The van der Waals surface area contributed by atoms with Gasteiger partial charge in [0.25, 0.3) is 0 Å². The Hall–Kier alpha value is -2.90. The second-order valence-electron chi connectivity index (χ2n) is 7.47. The van der Waals surface area contributed by atoms with Crippen LogP contribution in [0.4, 0.5) is 0 Å². The molecule has 0 aliphatic rings. The average Bonchev–Trinajstić information content (AvgIpc) is 3.20. The lowest BCUT2D eigenvalue weighted by atomic mass is 10.1. The molecule has 0 unspecified atom stereocenters. The predicted octanol–water partition coefficient (Wildman–Crippen LogP) is 6.32. The third kappa shape index (κ3) is 8.51. The van der Waals surface area contributed by atoms with E-state index in [4.69, 9.17) is 9.84 Å². The monoisotopic (exact) mass is 481 g/mol. The van der Waals surface area contributed by atoms with E-state index in [0.717, 1.165) is 18.2 Å². The first kappa shape index (κ1) is 24.7. The number of aliphatic carboxylic acids is 1. The molecule has 0 saturated carbocycles. The minimum Gasteiger partial charge on any atom is -0.485 e. The molecule has 1 heterocycles. The van der Waals surface area contributed by atoms with E-state index >= 15 is 0 Å². The van der Waals surface area contributed by atoms with Gasteiger partial charge in [0.15, 0.2) is 11.6 Å². The summed E-state index contributed by atoms with van der Waals surface area (Å²) in [6, 6.07) is 18.4. The topological polar surface area (TPSA) is 76.5 Å². The zero-order chi connectivity index (χ0) is 23.5. The van der Waals surface area contributed by atoms with Crippen LogP contribution in [0.3, 0.4) is 0 Å². The first-order valence-corrected chi connectivity index (χ1v) is 12.6. The van der Waals surface area contributed by atoms with Crippen molar-refractivity contribution in [2.45, 2.75) is 37.5 Å². The summed E-state index contributed by atoms with van der Waals surface area (Å²) in [4.78, 5) is 29.1. The highest BCUT2D eigenvalue weighted by molar-refractivity contribution is 7.99. The molecule has 0 aliphatic carbocycles. The number of unbranched alkanes of at least 4 members (excludes halogenated alkanes) is 2. The second kappa shape index (κ2) is 13.0. The molecule has 0 amide bonds. The van der Waals surface area contributed by atoms with Crippen molar-refractivity contribution >= 4 is 40.9 Å². The summed E-state index contributed by atoms with van der Waals surface area (Å²) in [5, 5.41) is 9.06. The van der Waals surface area contributed by atoms with Crippen LogP contribution in [-0.4, -0.2) is 34.2 Å². The van der Waals surface area contributed by atoms with Gasteiger partial charge in [-0.3, -0.25) is 4.79 Å². The lowest BCUT2D eigenvalue weighted by Crippen LogP contribution is -2.11. The number of thiazole rings is 1. The second-order valence-corrected chi connectivity index (χ2v) is 9.67. The summed E-state index contributed by atoms with van der Waals surface area (Å²) in [6.07, 6.45) is 7.23. The maximum absolute atomic E-state index is 12.4. The summed E-state index contributed by atoms with van der Waals surface area (Å²) in [5.41, 5.74) is 2.03. The van der Waals surface area contributed by atoms with Gasteiger partial charge in [-0.25, -0.2) is 9.78 Å². The number of carbonyl (C=O) groups excluding carboxylic acids is 1. The summed E-state index contributed by atoms with van der Waals surface area (Å²) in [7, 11) is 0. The number of carboxylic acid groups (broad SMARTS) is 1. The van der Waals surface area contributed by atoms with Crippen molar-refractivity contribution in [3.8, 4) is 5.75 Å². The zero-order valence-corrected chi connectivity index (χ0v) is 20.2. The molecule has 3 aromatic rings. The maximum atomic E-state index is 12.4. The number of Topliss-reactive ketones (excluding diaryl/α,β-unsaturated/α-hetero) is 1. The number of hydrogen-bond donors (Lipinski definition) is 1. The molecule has 0 saturated heterocycles. The standard InChI is InChI=1S/C26H27NO4S2/c1-19-24(15-16-25(29)30)33-26(27-19)23(28)18-31-21-11-13-22(14-12-21)32-17-7-3-6-10-20-8-4-2-5-9-20/h2,4-5,8-9,11-16H,3,6-7,10,17-18H2,1H3,(H,29,30)/b16-15+. The molecule has 33 heavy (non-hydrogen) atoms. The van der Waals surface area contributed by atoms with Gasteiger partial charge < -0.3 is 9.84 Å². The molecule has 2 aromatic carbocycles. The molecule has 0 atom stereocenters. The van der Waals surface area contributed by atoms with Crippen LogP contribution in [0.2, 0.25) is 0 Å². The number of thioether (sulfide) groups is 1. The number of carboxylic acids is 1. The van der Waals surface area contributed by atoms with E-state index in [0.29, 0.717) is 21.3 Å². The number of rotatable bonds is 13. The van der Waals surface area contributed by atoms with E-state index < -0.39 is 5.97 Å². The van der Waals surface area contributed by atoms with Gasteiger partial charge in [0.2, 0.25) is 5.78 Å². The van der Waals surface area contributed by atoms with Crippen LogP contribution < -0.4 is 4.74 Å². The van der Waals surface area contributed by atoms with E-state index in [1.807, 2.05) is 36.0 Å². The van der Waals surface area contributed by atoms with Gasteiger partial charge in [-0.2, -0.15) is 0 Å². The van der Waals surface area contributed by atoms with Crippen molar-refractivity contribution < 1.29 is 19.4 Å². The number of ketones is 1. The van der Waals surface area contributed by atoms with Crippen molar-refractivity contribution in [3.63, 3.8) is 0 Å². The predicted molar refractivity (Wildman–Crippen MR) is 135 cm³/mol. The summed E-state index contributed by atoms with van der Waals surface area (Å²) >= 11 is 2.99. The Kier molecular flexibility index (Phi) is 9.72. The SMILES string of the molecule is Cc1nc(C(=O)COc2ccc(SCCCCCc3ccccc3)cc2)sc1/C=C/C(=O)O. The first-order valence-electron chi connectivity index (χ1n) is 10.8. The first-order chi connectivity index (χ1) is 16.0. The smallest absolute Gasteiger partial charge is 0.328 e. The molecule has 5 nitrogen and oxygen atoms in total. The van der Waals surface area contributed by atoms with Crippen molar-refractivity contribution in [2.24, 2.45) is 0 Å². The number of ether oxygens (including phenoxy) is 1. The highest BCUT2D eigenvalue weighted by Crippen LogP contribution is 2.24. The van der Waals surface area contributed by atoms with Gasteiger partial charge in [0, 0.05) is 11.0 Å². The molecule has 0 bridgehead atoms. The van der Waals surface area contributed by atoms with E-state index in [1.165, 1.54) is 47.1 Å². The molecule has 1 N–H and O–H groups in total. The molecule has 0 fully saturated rings. The normalized spacial score (nSPS) is 11.1. The van der Waals surface area contributed by atoms with Gasteiger partial charge in [0.05, 0.1) is 10.6 Å². The van der Waals surface area contributed by atoms with Crippen molar-refractivity contribution in [2.75, 3.05) is 12.4 Å². The molecular formula is C26H27NO4S2. The Balaban J connectivity index is 1.36. The highest BCUT2D eigenvalue weighted by Gasteiger charge is 2.14. The van der Waals surface area contributed by atoms with Gasteiger partial charge in [-0.05, 0) is 67.8 Å². The van der Waals surface area contributed by atoms with Crippen LogP contribution in [0.1, 0.15) is 45.2 Å². The van der Waals surface area contributed by atoms with E-state index in [-0.39, 0.29) is 12.4 Å². The van der Waals surface area contributed by atoms with Gasteiger partial charge in [0.1, 0.15) is 5.75 Å².